The van der Waals surface area contributed by atoms with Crippen molar-refractivity contribution in [1.82, 2.24) is 10.3 Å². The highest BCUT2D eigenvalue weighted by Gasteiger charge is 2.21. The van der Waals surface area contributed by atoms with E-state index < -0.39 is 0 Å². The molecule has 1 aliphatic carbocycles. The molecular weight excluding hydrogens is 220 g/mol. The van der Waals surface area contributed by atoms with Crippen molar-refractivity contribution in [2.24, 2.45) is 5.92 Å². The van der Waals surface area contributed by atoms with Gasteiger partial charge in [0.25, 0.3) is 0 Å². The highest BCUT2D eigenvalue weighted by atomic mass is 14.9. The van der Waals surface area contributed by atoms with Gasteiger partial charge in [0.15, 0.2) is 0 Å². The van der Waals surface area contributed by atoms with Crippen LogP contribution >= 0.6 is 0 Å². The normalized spacial score (nSPS) is 18.8. The zero-order valence-corrected chi connectivity index (χ0v) is 11.8. The van der Waals surface area contributed by atoms with Gasteiger partial charge in [-0.15, -0.1) is 0 Å². The number of nitrogens with zero attached hydrogens (tertiary/aromatic N) is 1. The number of nitrogens with one attached hydrogen (secondary N) is 1. The van der Waals surface area contributed by atoms with E-state index in [1.165, 1.54) is 44.1 Å². The predicted octanol–water partition coefficient (Wildman–Crippen LogP) is 3.84. The maximum atomic E-state index is 4.47. The van der Waals surface area contributed by atoms with Crippen molar-refractivity contribution in [3.05, 3.63) is 29.6 Å². The van der Waals surface area contributed by atoms with Gasteiger partial charge in [0.1, 0.15) is 0 Å². The Hall–Kier alpha value is -0.890. The van der Waals surface area contributed by atoms with Crippen molar-refractivity contribution in [2.45, 2.75) is 65.0 Å². The SMILES string of the molecule is CCC(NCc1ccc(C)cn1)C1CCCCC1. The second-order valence-electron chi connectivity index (χ2n) is 5.62. The van der Waals surface area contributed by atoms with Gasteiger partial charge in [-0.3, -0.25) is 4.98 Å². The summed E-state index contributed by atoms with van der Waals surface area (Å²) in [6, 6.07) is 4.95. The molecule has 1 aromatic heterocycles. The highest BCUT2D eigenvalue weighted by Crippen LogP contribution is 2.27. The summed E-state index contributed by atoms with van der Waals surface area (Å²) < 4.78 is 0. The summed E-state index contributed by atoms with van der Waals surface area (Å²) in [4.78, 5) is 4.47. The predicted molar refractivity (Wildman–Crippen MR) is 76.5 cm³/mol. The summed E-state index contributed by atoms with van der Waals surface area (Å²) >= 11 is 0. The average molecular weight is 246 g/mol. The molecule has 1 aliphatic rings. The Bertz CT molecular complexity index is 339. The van der Waals surface area contributed by atoms with Crippen molar-refractivity contribution < 1.29 is 0 Å². The Morgan fingerprint density at radius 1 is 1.28 bits per heavy atom. The summed E-state index contributed by atoms with van der Waals surface area (Å²) in [7, 11) is 0. The summed E-state index contributed by atoms with van der Waals surface area (Å²) in [5, 5.41) is 3.71. The molecule has 1 unspecified atom stereocenters. The molecule has 2 rings (SSSR count). The van der Waals surface area contributed by atoms with Gasteiger partial charge in [-0.25, -0.2) is 0 Å². The topological polar surface area (TPSA) is 24.9 Å². The fourth-order valence-electron chi connectivity index (χ4n) is 3.02. The fourth-order valence-corrected chi connectivity index (χ4v) is 3.02. The lowest BCUT2D eigenvalue weighted by Crippen LogP contribution is -2.36. The standard InChI is InChI=1S/C16H26N2/c1-3-16(14-7-5-4-6-8-14)18-12-15-10-9-13(2)11-17-15/h9-11,14,16,18H,3-8,12H2,1-2H3. The molecule has 1 saturated carbocycles. The molecule has 0 spiro atoms. The molecule has 0 bridgehead atoms. The molecule has 0 amide bonds. The third-order valence-corrected chi connectivity index (χ3v) is 4.18. The number of hydrogen-bond donors (Lipinski definition) is 1. The van der Waals surface area contributed by atoms with Gasteiger partial charge in [0.05, 0.1) is 5.69 Å². The largest absolute Gasteiger partial charge is 0.308 e. The van der Waals surface area contributed by atoms with Gasteiger partial charge in [0.2, 0.25) is 0 Å². The minimum Gasteiger partial charge on any atom is -0.308 e. The molecule has 1 fully saturated rings. The molecule has 1 heterocycles. The molecule has 0 saturated heterocycles. The van der Waals surface area contributed by atoms with E-state index in [2.05, 4.69) is 36.3 Å². The molecule has 0 radical (unpaired) electrons. The quantitative estimate of drug-likeness (QED) is 0.854. The Morgan fingerprint density at radius 3 is 2.67 bits per heavy atom. The first-order chi connectivity index (χ1) is 8.79. The van der Waals surface area contributed by atoms with Crippen LogP contribution < -0.4 is 5.32 Å². The van der Waals surface area contributed by atoms with Crippen LogP contribution in [0.3, 0.4) is 0 Å². The highest BCUT2D eigenvalue weighted by molar-refractivity contribution is 5.12. The van der Waals surface area contributed by atoms with Crippen LogP contribution in [0.25, 0.3) is 0 Å². The van der Waals surface area contributed by atoms with Crippen LogP contribution in [0.1, 0.15) is 56.7 Å². The maximum absolute atomic E-state index is 4.47. The lowest BCUT2D eigenvalue weighted by atomic mass is 9.83. The van der Waals surface area contributed by atoms with Crippen LogP contribution in [0.2, 0.25) is 0 Å². The molecule has 1 N–H and O–H groups in total. The zero-order valence-electron chi connectivity index (χ0n) is 11.8. The average Bonchev–Trinajstić information content (AvgIpc) is 2.43. The van der Waals surface area contributed by atoms with Crippen LogP contribution in [0.15, 0.2) is 18.3 Å². The Labute approximate surface area is 111 Å². The van der Waals surface area contributed by atoms with Gasteiger partial charge in [0, 0.05) is 18.8 Å². The number of rotatable bonds is 5. The Morgan fingerprint density at radius 2 is 2.06 bits per heavy atom. The van der Waals surface area contributed by atoms with Crippen LogP contribution in [-0.4, -0.2) is 11.0 Å². The lowest BCUT2D eigenvalue weighted by Gasteiger charge is -2.30. The first kappa shape index (κ1) is 13.5. The fraction of sp³-hybridized carbons (Fsp3) is 0.688. The van der Waals surface area contributed by atoms with Crippen molar-refractivity contribution >= 4 is 0 Å². The van der Waals surface area contributed by atoms with E-state index >= 15 is 0 Å². The minimum atomic E-state index is 0.674. The van der Waals surface area contributed by atoms with Crippen molar-refractivity contribution in [2.75, 3.05) is 0 Å². The van der Waals surface area contributed by atoms with E-state index in [9.17, 15) is 0 Å². The number of pyridine rings is 1. The van der Waals surface area contributed by atoms with Gasteiger partial charge in [-0.2, -0.15) is 0 Å². The molecule has 0 aromatic carbocycles. The molecule has 2 heteroatoms. The van der Waals surface area contributed by atoms with E-state index in [-0.39, 0.29) is 0 Å². The summed E-state index contributed by atoms with van der Waals surface area (Å²) in [5.41, 5.74) is 2.40. The number of aromatic nitrogens is 1. The van der Waals surface area contributed by atoms with Gasteiger partial charge >= 0.3 is 0 Å². The summed E-state index contributed by atoms with van der Waals surface area (Å²) in [6.45, 7) is 5.30. The summed E-state index contributed by atoms with van der Waals surface area (Å²) in [5.74, 6) is 0.884. The van der Waals surface area contributed by atoms with Crippen molar-refractivity contribution in [1.29, 1.82) is 0 Å². The first-order valence-electron chi connectivity index (χ1n) is 7.44. The second-order valence-corrected chi connectivity index (χ2v) is 5.62. The van der Waals surface area contributed by atoms with Gasteiger partial charge < -0.3 is 5.32 Å². The number of aryl methyl sites for hydroxylation is 1. The lowest BCUT2D eigenvalue weighted by molar-refractivity contribution is 0.261. The molecule has 100 valence electrons. The minimum absolute atomic E-state index is 0.674. The van der Waals surface area contributed by atoms with Gasteiger partial charge in [-0.1, -0.05) is 32.3 Å². The zero-order chi connectivity index (χ0) is 12.8. The maximum Gasteiger partial charge on any atom is 0.0541 e. The monoisotopic (exact) mass is 246 g/mol. The molecule has 18 heavy (non-hydrogen) atoms. The van der Waals surface area contributed by atoms with E-state index in [1.54, 1.807) is 0 Å². The van der Waals surface area contributed by atoms with E-state index in [4.69, 9.17) is 0 Å². The third kappa shape index (κ3) is 3.81. The van der Waals surface area contributed by atoms with E-state index in [1.807, 2.05) is 6.20 Å². The van der Waals surface area contributed by atoms with Gasteiger partial charge in [-0.05, 0) is 43.7 Å². The van der Waals surface area contributed by atoms with Crippen LogP contribution in [-0.2, 0) is 6.54 Å². The molecule has 2 nitrogen and oxygen atoms in total. The summed E-state index contributed by atoms with van der Waals surface area (Å²) in [6.07, 6.45) is 10.3. The number of hydrogen-bond acceptors (Lipinski definition) is 2. The third-order valence-electron chi connectivity index (χ3n) is 4.18. The molecular formula is C16H26N2. The van der Waals surface area contributed by atoms with Crippen molar-refractivity contribution in [3.8, 4) is 0 Å². The van der Waals surface area contributed by atoms with E-state index in [0.29, 0.717) is 6.04 Å². The van der Waals surface area contributed by atoms with E-state index in [0.717, 1.165) is 18.2 Å². The van der Waals surface area contributed by atoms with Crippen LogP contribution in [0.5, 0.6) is 0 Å². The first-order valence-corrected chi connectivity index (χ1v) is 7.44. The molecule has 0 aliphatic heterocycles. The Kier molecular flexibility index (Phi) is 5.18. The second kappa shape index (κ2) is 6.89. The van der Waals surface area contributed by atoms with Crippen LogP contribution in [0.4, 0.5) is 0 Å². The molecule has 1 atom stereocenters. The van der Waals surface area contributed by atoms with Crippen molar-refractivity contribution in [3.63, 3.8) is 0 Å². The van der Waals surface area contributed by atoms with Crippen LogP contribution in [0, 0.1) is 12.8 Å². The molecule has 1 aromatic rings. The Balaban J connectivity index is 1.84. The smallest absolute Gasteiger partial charge is 0.0541 e.